The molecule has 0 saturated carbocycles. The number of ether oxygens (including phenoxy) is 1. The maximum atomic E-state index is 10.9. The van der Waals surface area contributed by atoms with Gasteiger partial charge in [-0.1, -0.05) is 12.1 Å². The second-order valence-corrected chi connectivity index (χ2v) is 6.12. The quantitative estimate of drug-likeness (QED) is 0.663. The minimum Gasteiger partial charge on any atom is -0.378 e. The number of rotatable bonds is 5. The molecule has 1 aliphatic heterocycles. The van der Waals surface area contributed by atoms with Crippen LogP contribution in [0.2, 0.25) is 0 Å². The zero-order valence-electron chi connectivity index (χ0n) is 14.4. The van der Waals surface area contributed by atoms with Gasteiger partial charge in [-0.05, 0) is 31.5 Å². The van der Waals surface area contributed by atoms with Crippen molar-refractivity contribution < 1.29 is 9.66 Å². The number of morpholine rings is 1. The van der Waals surface area contributed by atoms with Crippen LogP contribution in [-0.2, 0) is 4.74 Å². The maximum Gasteiger partial charge on any atom is 0.269 e. The Labute approximate surface area is 146 Å². The molecule has 7 heteroatoms. The zero-order chi connectivity index (χ0) is 17.8. The molecular weight excluding hydrogens is 320 g/mol. The zero-order valence-corrected chi connectivity index (χ0v) is 14.4. The van der Waals surface area contributed by atoms with E-state index in [-0.39, 0.29) is 16.7 Å². The summed E-state index contributed by atoms with van der Waals surface area (Å²) >= 11 is 0. The maximum absolute atomic E-state index is 10.9. The number of hydrogen-bond donors (Lipinski definition) is 1. The van der Waals surface area contributed by atoms with Crippen molar-refractivity contribution in [3.05, 3.63) is 57.8 Å². The van der Waals surface area contributed by atoms with E-state index in [0.29, 0.717) is 0 Å². The number of hydrogen-bond acceptors (Lipinski definition) is 6. The molecule has 0 bridgehead atoms. The molecule has 0 aliphatic carbocycles. The molecule has 1 aromatic carbocycles. The number of aryl methyl sites for hydroxylation is 1. The third-order valence-electron chi connectivity index (χ3n) is 4.36. The van der Waals surface area contributed by atoms with Gasteiger partial charge in [0.05, 0.1) is 29.5 Å². The molecular formula is C18H22N4O3. The van der Waals surface area contributed by atoms with Crippen molar-refractivity contribution in [3.8, 4) is 0 Å². The lowest BCUT2D eigenvalue weighted by molar-refractivity contribution is -0.384. The summed E-state index contributed by atoms with van der Waals surface area (Å²) in [5.74, 6) is 0.953. The normalized spacial score (nSPS) is 15.7. The van der Waals surface area contributed by atoms with Crippen molar-refractivity contribution >= 4 is 17.2 Å². The number of benzene rings is 1. The highest BCUT2D eigenvalue weighted by Crippen LogP contribution is 2.25. The predicted octanol–water partition coefficient (Wildman–Crippen LogP) is 3.31. The Morgan fingerprint density at radius 3 is 2.72 bits per heavy atom. The number of nitrogens with one attached hydrogen (secondary N) is 1. The van der Waals surface area contributed by atoms with Gasteiger partial charge in [-0.3, -0.25) is 10.1 Å². The van der Waals surface area contributed by atoms with Crippen molar-refractivity contribution in [1.82, 2.24) is 4.98 Å². The van der Waals surface area contributed by atoms with Gasteiger partial charge in [0.2, 0.25) is 0 Å². The standard InChI is InChI=1S/C18H22N4O3/c1-13(15-4-3-5-16(12-15)22(23)24)19-17-6-7-18(20-14(17)2)21-8-10-25-11-9-21/h3-7,12-13,19H,8-11H2,1-2H3. The number of nitrogens with zero attached hydrogens (tertiary/aromatic N) is 3. The van der Waals surface area contributed by atoms with Crippen LogP contribution in [0, 0.1) is 17.0 Å². The van der Waals surface area contributed by atoms with Crippen LogP contribution in [-0.4, -0.2) is 36.2 Å². The predicted molar refractivity (Wildman–Crippen MR) is 97.1 cm³/mol. The van der Waals surface area contributed by atoms with Crippen molar-refractivity contribution in [2.75, 3.05) is 36.5 Å². The van der Waals surface area contributed by atoms with Gasteiger partial charge in [0.25, 0.3) is 5.69 Å². The summed E-state index contributed by atoms with van der Waals surface area (Å²) in [6.07, 6.45) is 0. The van der Waals surface area contributed by atoms with Gasteiger partial charge in [0.15, 0.2) is 0 Å². The number of pyridine rings is 1. The topological polar surface area (TPSA) is 80.5 Å². The van der Waals surface area contributed by atoms with Crippen LogP contribution in [0.15, 0.2) is 36.4 Å². The molecule has 2 aromatic rings. The molecule has 1 aromatic heterocycles. The third kappa shape index (κ3) is 4.06. The summed E-state index contributed by atoms with van der Waals surface area (Å²) in [5.41, 5.74) is 2.80. The number of anilines is 2. The number of non-ortho nitro benzene ring substituents is 1. The Morgan fingerprint density at radius 2 is 2.04 bits per heavy atom. The molecule has 1 N–H and O–H groups in total. The summed E-state index contributed by atoms with van der Waals surface area (Å²) in [7, 11) is 0. The van der Waals surface area contributed by atoms with Gasteiger partial charge >= 0.3 is 0 Å². The van der Waals surface area contributed by atoms with E-state index in [1.54, 1.807) is 12.1 Å². The highest BCUT2D eigenvalue weighted by Gasteiger charge is 2.15. The minimum absolute atomic E-state index is 0.0605. The SMILES string of the molecule is Cc1nc(N2CCOCC2)ccc1NC(C)c1cccc([N+](=O)[O-])c1. The smallest absolute Gasteiger partial charge is 0.269 e. The molecule has 1 unspecified atom stereocenters. The van der Waals surface area contributed by atoms with Crippen molar-refractivity contribution in [3.63, 3.8) is 0 Å². The lowest BCUT2D eigenvalue weighted by Crippen LogP contribution is -2.36. The van der Waals surface area contributed by atoms with Crippen molar-refractivity contribution in [2.45, 2.75) is 19.9 Å². The molecule has 0 spiro atoms. The van der Waals surface area contributed by atoms with Crippen LogP contribution in [0.25, 0.3) is 0 Å². The van der Waals surface area contributed by atoms with Gasteiger partial charge in [-0.25, -0.2) is 4.98 Å². The van der Waals surface area contributed by atoms with Gasteiger partial charge in [-0.15, -0.1) is 0 Å². The Kier molecular flexibility index (Phi) is 5.14. The molecule has 1 saturated heterocycles. The Balaban J connectivity index is 1.73. The van der Waals surface area contributed by atoms with E-state index in [1.165, 1.54) is 6.07 Å². The first-order valence-corrected chi connectivity index (χ1v) is 8.36. The van der Waals surface area contributed by atoms with Crippen LogP contribution < -0.4 is 10.2 Å². The van der Waals surface area contributed by atoms with E-state index in [4.69, 9.17) is 4.74 Å². The summed E-state index contributed by atoms with van der Waals surface area (Å²) in [6.45, 7) is 7.10. The highest BCUT2D eigenvalue weighted by atomic mass is 16.6. The first-order valence-electron chi connectivity index (χ1n) is 8.36. The van der Waals surface area contributed by atoms with Crippen LogP contribution >= 0.6 is 0 Å². The molecule has 1 aliphatic rings. The molecule has 132 valence electrons. The largest absolute Gasteiger partial charge is 0.378 e. The van der Waals surface area contributed by atoms with E-state index < -0.39 is 0 Å². The Hall–Kier alpha value is -2.67. The fraction of sp³-hybridized carbons (Fsp3) is 0.389. The Bertz CT molecular complexity index is 760. The average molecular weight is 342 g/mol. The summed E-state index contributed by atoms with van der Waals surface area (Å²) < 4.78 is 5.37. The van der Waals surface area contributed by atoms with E-state index in [2.05, 4.69) is 15.2 Å². The minimum atomic E-state index is -0.375. The fourth-order valence-electron chi connectivity index (χ4n) is 2.89. The monoisotopic (exact) mass is 342 g/mol. The van der Waals surface area contributed by atoms with Gasteiger partial charge in [0.1, 0.15) is 5.82 Å². The molecule has 25 heavy (non-hydrogen) atoms. The second kappa shape index (κ2) is 7.48. The molecule has 0 amide bonds. The Morgan fingerprint density at radius 1 is 1.28 bits per heavy atom. The molecule has 1 atom stereocenters. The molecule has 2 heterocycles. The van der Waals surface area contributed by atoms with Crippen LogP contribution in [0.3, 0.4) is 0 Å². The van der Waals surface area contributed by atoms with E-state index in [1.807, 2.05) is 32.0 Å². The average Bonchev–Trinajstić information content (AvgIpc) is 2.64. The lowest BCUT2D eigenvalue weighted by atomic mass is 10.1. The van der Waals surface area contributed by atoms with Crippen molar-refractivity contribution in [1.29, 1.82) is 0 Å². The van der Waals surface area contributed by atoms with Crippen LogP contribution in [0.4, 0.5) is 17.2 Å². The summed E-state index contributed by atoms with van der Waals surface area (Å²) in [5, 5.41) is 14.3. The summed E-state index contributed by atoms with van der Waals surface area (Å²) in [4.78, 5) is 17.5. The number of nitro benzene ring substituents is 1. The molecule has 1 fully saturated rings. The van der Waals surface area contributed by atoms with Crippen LogP contribution in [0.1, 0.15) is 24.2 Å². The van der Waals surface area contributed by atoms with Crippen molar-refractivity contribution in [2.24, 2.45) is 0 Å². The van der Waals surface area contributed by atoms with E-state index in [0.717, 1.165) is 49.1 Å². The first-order chi connectivity index (χ1) is 12.0. The highest BCUT2D eigenvalue weighted by molar-refractivity contribution is 5.55. The third-order valence-corrected chi connectivity index (χ3v) is 4.36. The second-order valence-electron chi connectivity index (χ2n) is 6.12. The summed E-state index contributed by atoms with van der Waals surface area (Å²) in [6, 6.07) is 10.6. The fourth-order valence-corrected chi connectivity index (χ4v) is 2.89. The van der Waals surface area contributed by atoms with E-state index >= 15 is 0 Å². The molecule has 7 nitrogen and oxygen atoms in total. The molecule has 3 rings (SSSR count). The van der Waals surface area contributed by atoms with Gasteiger partial charge in [0, 0.05) is 31.3 Å². The first kappa shape index (κ1) is 17.2. The number of nitro groups is 1. The lowest BCUT2D eigenvalue weighted by Gasteiger charge is -2.28. The molecule has 0 radical (unpaired) electrons. The van der Waals surface area contributed by atoms with Crippen LogP contribution in [0.5, 0.6) is 0 Å². The van der Waals surface area contributed by atoms with Gasteiger partial charge in [-0.2, -0.15) is 0 Å². The number of aromatic nitrogens is 1. The van der Waals surface area contributed by atoms with E-state index in [9.17, 15) is 10.1 Å². The van der Waals surface area contributed by atoms with Gasteiger partial charge < -0.3 is 15.0 Å².